The molecule has 1 N–H and O–H groups in total. The van der Waals surface area contributed by atoms with Gasteiger partial charge < -0.3 is 19.3 Å². The summed E-state index contributed by atoms with van der Waals surface area (Å²) in [6.45, 7) is 7.33. The molecule has 0 aromatic rings. The Labute approximate surface area is 216 Å². The summed E-state index contributed by atoms with van der Waals surface area (Å²) in [5.74, 6) is -0.0523. The van der Waals surface area contributed by atoms with E-state index >= 15 is 0 Å². The maximum Gasteiger partial charge on any atom is 0.305 e. The van der Waals surface area contributed by atoms with Crippen molar-refractivity contribution in [1.29, 1.82) is 0 Å². The van der Waals surface area contributed by atoms with Gasteiger partial charge in [0.2, 0.25) is 0 Å². The van der Waals surface area contributed by atoms with E-state index in [0.29, 0.717) is 19.6 Å². The number of rotatable bonds is 15. The van der Waals surface area contributed by atoms with Crippen LogP contribution in [0.3, 0.4) is 0 Å². The summed E-state index contributed by atoms with van der Waals surface area (Å²) >= 11 is 0. The molecule has 0 atom stereocenters. The van der Waals surface area contributed by atoms with Crippen molar-refractivity contribution in [2.45, 2.75) is 146 Å². The molecule has 0 fully saturated rings. The second-order valence-corrected chi connectivity index (χ2v) is 5.42. The number of hydrogen-bond acceptors (Lipinski definition) is 5. The van der Waals surface area contributed by atoms with Gasteiger partial charge in [-0.15, -0.1) is 0 Å². The fourth-order valence-corrected chi connectivity index (χ4v) is 1.72. The van der Waals surface area contributed by atoms with Gasteiger partial charge in [-0.25, -0.2) is 0 Å². The van der Waals surface area contributed by atoms with E-state index in [-0.39, 0.29) is 86.8 Å². The molecule has 0 rings (SSSR count). The maximum absolute atomic E-state index is 11.2. The molecular weight excluding hydrogens is 416 g/mol. The number of ether oxygens (including phenoxy) is 3. The second-order valence-electron chi connectivity index (χ2n) is 5.42. The Morgan fingerprint density at radius 3 is 1.55 bits per heavy atom. The van der Waals surface area contributed by atoms with Crippen molar-refractivity contribution < 1.29 is 24.1 Å². The predicted molar refractivity (Wildman–Crippen MR) is 161 cm³/mol. The molecule has 0 aliphatic rings. The van der Waals surface area contributed by atoms with Crippen molar-refractivity contribution in [3.8, 4) is 0 Å². The van der Waals surface area contributed by atoms with E-state index in [9.17, 15) is 4.79 Å². The molecule has 0 aliphatic carbocycles. The van der Waals surface area contributed by atoms with Gasteiger partial charge in [-0.1, -0.05) is 107 Å². The average Bonchev–Trinajstić information content (AvgIpc) is 2.56. The Kier molecular flexibility index (Phi) is 179. The summed E-state index contributed by atoms with van der Waals surface area (Å²) in [5, 5.41) is 8.29. The third-order valence-corrected chi connectivity index (χ3v) is 3.04. The molecular formula is C28H78O5. The fourth-order valence-electron chi connectivity index (χ4n) is 1.72. The van der Waals surface area contributed by atoms with Crippen LogP contribution in [0.4, 0.5) is 0 Å². The Bertz CT molecular complexity index is 218. The van der Waals surface area contributed by atoms with Crippen molar-refractivity contribution in [2.24, 2.45) is 0 Å². The number of aliphatic hydroxyl groups excluding tert-OH is 1. The van der Waals surface area contributed by atoms with Gasteiger partial charge in [0.25, 0.3) is 0 Å². The lowest BCUT2D eigenvalue weighted by molar-refractivity contribution is -0.143. The average molecular weight is 495 g/mol. The normalized spacial score (nSPS) is 7.03. The van der Waals surface area contributed by atoms with E-state index in [2.05, 4.69) is 13.8 Å². The predicted octanol–water partition coefficient (Wildman–Crippen LogP) is 10.1. The topological polar surface area (TPSA) is 65.0 Å². The van der Waals surface area contributed by atoms with Gasteiger partial charge in [-0.3, -0.25) is 4.79 Å². The van der Waals surface area contributed by atoms with Crippen molar-refractivity contribution >= 4 is 5.97 Å². The summed E-state index contributed by atoms with van der Waals surface area (Å²) in [5.41, 5.74) is 0. The minimum Gasteiger partial charge on any atom is -0.466 e. The van der Waals surface area contributed by atoms with E-state index in [1.54, 1.807) is 7.11 Å². The number of unbranched alkanes of at least 4 members (excludes halogenated alkanes) is 4. The SMILES string of the molecule is C.C.C.C.C.C.C.C.C.C.CCCCCOC(=O)CCCCCOC.CCCOCCCO. The Balaban J connectivity index is -0.0000000222. The molecule has 220 valence electrons. The van der Waals surface area contributed by atoms with Crippen LogP contribution in [-0.4, -0.2) is 51.2 Å². The van der Waals surface area contributed by atoms with Crippen molar-refractivity contribution in [2.75, 3.05) is 40.1 Å². The van der Waals surface area contributed by atoms with E-state index < -0.39 is 0 Å². The fraction of sp³-hybridized carbons (Fsp3) is 0.964. The molecule has 0 bridgehead atoms. The maximum atomic E-state index is 11.2. The Hall–Kier alpha value is -0.650. The Morgan fingerprint density at radius 1 is 0.606 bits per heavy atom. The first kappa shape index (κ1) is 76.8. The summed E-state index contributed by atoms with van der Waals surface area (Å²) < 4.78 is 15.1. The molecule has 0 spiro atoms. The molecule has 5 nitrogen and oxygen atoms in total. The van der Waals surface area contributed by atoms with Crippen molar-refractivity contribution in [1.82, 2.24) is 0 Å². The van der Waals surface area contributed by atoms with Crippen LogP contribution < -0.4 is 0 Å². The first-order chi connectivity index (χ1) is 11.2. The molecule has 0 aromatic heterocycles. The van der Waals surface area contributed by atoms with Gasteiger partial charge in [0.15, 0.2) is 0 Å². The van der Waals surface area contributed by atoms with Crippen LogP contribution in [0.25, 0.3) is 0 Å². The molecule has 0 unspecified atom stereocenters. The molecule has 33 heavy (non-hydrogen) atoms. The highest BCUT2D eigenvalue weighted by Gasteiger charge is 2.01. The monoisotopic (exact) mass is 495 g/mol. The smallest absolute Gasteiger partial charge is 0.305 e. The zero-order chi connectivity index (χ0) is 17.6. The standard InChI is InChI=1S/C12H24O3.C6H14O2.10CH4/c1-3-4-7-11-15-12(13)9-6-5-8-10-14-2;1-2-5-8-6-3-4-7;;;;;;;;;;/h3-11H2,1-2H3;7H,2-6H2,1H3;10*1H4. The molecule has 0 saturated carbocycles. The van der Waals surface area contributed by atoms with Crippen LogP contribution in [-0.2, 0) is 19.0 Å². The second kappa shape index (κ2) is 77.1. The van der Waals surface area contributed by atoms with E-state index in [1.165, 1.54) is 0 Å². The summed E-state index contributed by atoms with van der Waals surface area (Å²) in [7, 11) is 1.70. The van der Waals surface area contributed by atoms with Gasteiger partial charge in [-0.2, -0.15) is 0 Å². The minimum absolute atomic E-state index is 0. The van der Waals surface area contributed by atoms with Gasteiger partial charge in [-0.05, 0) is 32.1 Å². The molecule has 5 heteroatoms. The highest BCUT2D eigenvalue weighted by atomic mass is 16.5. The van der Waals surface area contributed by atoms with Crippen LogP contribution in [0.1, 0.15) is 146 Å². The third kappa shape index (κ3) is 89.7. The molecule has 0 aliphatic heterocycles. The highest BCUT2D eigenvalue weighted by Crippen LogP contribution is 2.02. The summed E-state index contributed by atoms with van der Waals surface area (Å²) in [6.07, 6.45) is 8.65. The van der Waals surface area contributed by atoms with Crippen LogP contribution in [0.15, 0.2) is 0 Å². The van der Waals surface area contributed by atoms with Crippen LogP contribution in [0, 0.1) is 0 Å². The Morgan fingerprint density at radius 2 is 1.12 bits per heavy atom. The molecule has 0 saturated heterocycles. The molecule has 0 radical (unpaired) electrons. The number of esters is 1. The molecule has 0 amide bonds. The van der Waals surface area contributed by atoms with Gasteiger partial charge in [0.05, 0.1) is 6.61 Å². The van der Waals surface area contributed by atoms with Gasteiger partial charge in [0.1, 0.15) is 0 Å². The van der Waals surface area contributed by atoms with E-state index in [4.69, 9.17) is 19.3 Å². The molecule has 0 aromatic carbocycles. The minimum atomic E-state index is -0.0523. The van der Waals surface area contributed by atoms with Gasteiger partial charge in [0, 0.05) is 40.0 Å². The molecule has 0 heterocycles. The van der Waals surface area contributed by atoms with Gasteiger partial charge >= 0.3 is 5.97 Å². The lowest BCUT2D eigenvalue weighted by Gasteiger charge is -2.04. The number of carbonyl (C=O) groups excluding carboxylic acids is 1. The summed E-state index contributed by atoms with van der Waals surface area (Å²) in [6, 6.07) is 0. The summed E-state index contributed by atoms with van der Waals surface area (Å²) in [4.78, 5) is 11.2. The number of aliphatic hydroxyl groups is 1. The largest absolute Gasteiger partial charge is 0.466 e. The highest BCUT2D eigenvalue weighted by molar-refractivity contribution is 5.69. The first-order valence-corrected chi connectivity index (χ1v) is 9.06. The number of carbonyl (C=O) groups is 1. The quantitative estimate of drug-likeness (QED) is 0.181. The zero-order valence-electron chi connectivity index (χ0n) is 15.5. The van der Waals surface area contributed by atoms with E-state index in [1.807, 2.05) is 0 Å². The van der Waals surface area contributed by atoms with Crippen molar-refractivity contribution in [3.05, 3.63) is 0 Å². The van der Waals surface area contributed by atoms with E-state index in [0.717, 1.165) is 64.6 Å². The number of hydrogen-bond donors (Lipinski definition) is 1. The van der Waals surface area contributed by atoms with Crippen LogP contribution in [0.2, 0.25) is 0 Å². The third-order valence-electron chi connectivity index (χ3n) is 3.04. The van der Waals surface area contributed by atoms with Crippen LogP contribution >= 0.6 is 0 Å². The van der Waals surface area contributed by atoms with Crippen molar-refractivity contribution in [3.63, 3.8) is 0 Å². The van der Waals surface area contributed by atoms with Crippen LogP contribution in [0.5, 0.6) is 0 Å². The number of methoxy groups -OCH3 is 1. The lowest BCUT2D eigenvalue weighted by Crippen LogP contribution is -2.05. The first-order valence-electron chi connectivity index (χ1n) is 9.06. The lowest BCUT2D eigenvalue weighted by atomic mass is 10.2. The zero-order valence-corrected chi connectivity index (χ0v) is 15.5.